The predicted octanol–water partition coefficient (Wildman–Crippen LogP) is 2.47. The van der Waals surface area contributed by atoms with Crippen molar-refractivity contribution >= 4 is 11.7 Å². The van der Waals surface area contributed by atoms with Crippen molar-refractivity contribution in [3.63, 3.8) is 0 Å². The van der Waals surface area contributed by atoms with Crippen molar-refractivity contribution < 1.29 is 9.90 Å². The first-order valence-electron chi connectivity index (χ1n) is 7.72. The summed E-state index contributed by atoms with van der Waals surface area (Å²) in [4.78, 5) is 14.4. The Morgan fingerprint density at radius 2 is 2.04 bits per heavy atom. The van der Waals surface area contributed by atoms with E-state index in [-0.39, 0.29) is 24.6 Å². The van der Waals surface area contributed by atoms with E-state index in [1.807, 2.05) is 44.2 Å². The average molecular weight is 316 g/mol. The zero-order chi connectivity index (χ0) is 16.8. The Morgan fingerprint density at radius 1 is 1.35 bits per heavy atom. The Bertz CT molecular complexity index is 625. The summed E-state index contributed by atoms with van der Waals surface area (Å²) in [5.41, 5.74) is 1.66. The van der Waals surface area contributed by atoms with E-state index in [1.54, 1.807) is 29.0 Å². The number of benzene rings is 1. The topological polar surface area (TPSA) is 70.4 Å². The minimum absolute atomic E-state index is 0.0784. The lowest BCUT2D eigenvalue weighted by atomic mass is 10.0. The van der Waals surface area contributed by atoms with Crippen molar-refractivity contribution in [1.82, 2.24) is 14.7 Å². The molecule has 6 nitrogen and oxygen atoms in total. The maximum Gasteiger partial charge on any atom is 0.322 e. The van der Waals surface area contributed by atoms with E-state index in [2.05, 4.69) is 10.4 Å². The molecule has 1 aromatic heterocycles. The Morgan fingerprint density at radius 3 is 2.57 bits per heavy atom. The summed E-state index contributed by atoms with van der Waals surface area (Å²) in [7, 11) is 1.79. The van der Waals surface area contributed by atoms with Crippen molar-refractivity contribution in [2.24, 2.45) is 13.0 Å². The van der Waals surface area contributed by atoms with E-state index in [1.165, 1.54) is 0 Å². The van der Waals surface area contributed by atoms with Crippen LogP contribution in [-0.2, 0) is 13.6 Å². The molecule has 2 aromatic rings. The molecule has 2 amide bonds. The van der Waals surface area contributed by atoms with Crippen LogP contribution in [0.25, 0.3) is 0 Å². The van der Waals surface area contributed by atoms with Crippen LogP contribution < -0.4 is 5.32 Å². The van der Waals surface area contributed by atoms with Crippen molar-refractivity contribution in [2.45, 2.75) is 26.4 Å². The summed E-state index contributed by atoms with van der Waals surface area (Å²) in [6.45, 7) is 4.35. The fraction of sp³-hybridized carbons (Fsp3) is 0.412. The minimum Gasteiger partial charge on any atom is -0.394 e. The maximum absolute atomic E-state index is 12.7. The number of nitrogens with one attached hydrogen (secondary N) is 1. The first kappa shape index (κ1) is 17.0. The van der Waals surface area contributed by atoms with Crippen LogP contribution in [0.3, 0.4) is 0 Å². The molecule has 0 aliphatic rings. The second-order valence-electron chi connectivity index (χ2n) is 5.94. The highest BCUT2D eigenvalue weighted by Gasteiger charge is 2.26. The van der Waals surface area contributed by atoms with Crippen LogP contribution in [0.2, 0.25) is 0 Å². The van der Waals surface area contributed by atoms with E-state index in [4.69, 9.17) is 0 Å². The summed E-state index contributed by atoms with van der Waals surface area (Å²) in [6, 6.07) is 9.26. The number of carbonyl (C=O) groups excluding carboxylic acids is 1. The number of anilines is 1. The highest BCUT2D eigenvalue weighted by molar-refractivity contribution is 5.89. The third kappa shape index (κ3) is 4.56. The lowest BCUT2D eigenvalue weighted by Gasteiger charge is -2.33. The molecule has 2 rings (SSSR count). The molecule has 1 heterocycles. The fourth-order valence-corrected chi connectivity index (χ4v) is 2.47. The van der Waals surface area contributed by atoms with Crippen molar-refractivity contribution in [3.05, 3.63) is 48.3 Å². The lowest BCUT2D eigenvalue weighted by molar-refractivity contribution is 0.110. The van der Waals surface area contributed by atoms with E-state index < -0.39 is 0 Å². The molecular formula is C17H24N4O2. The molecule has 1 aromatic carbocycles. The molecule has 0 radical (unpaired) electrons. The van der Waals surface area contributed by atoms with Crippen LogP contribution in [0, 0.1) is 5.92 Å². The monoisotopic (exact) mass is 316 g/mol. The molecule has 1 atom stereocenters. The standard InChI is InChI=1S/C17H24N4O2/c1-13(2)16(12-22)21(10-14-7-5-4-6-8-14)17(23)19-15-9-18-20(3)11-15/h4-9,11,13,16,22H,10,12H2,1-3H3,(H,19,23). The smallest absolute Gasteiger partial charge is 0.322 e. The highest BCUT2D eigenvalue weighted by atomic mass is 16.3. The van der Waals surface area contributed by atoms with Gasteiger partial charge in [-0.15, -0.1) is 0 Å². The molecule has 2 N–H and O–H groups in total. The lowest BCUT2D eigenvalue weighted by Crippen LogP contribution is -2.47. The van der Waals surface area contributed by atoms with Gasteiger partial charge in [-0.05, 0) is 11.5 Å². The fourth-order valence-electron chi connectivity index (χ4n) is 2.47. The maximum atomic E-state index is 12.7. The molecular weight excluding hydrogens is 292 g/mol. The van der Waals surface area contributed by atoms with Crippen LogP contribution in [-0.4, -0.2) is 38.5 Å². The van der Waals surface area contributed by atoms with Gasteiger partial charge < -0.3 is 15.3 Å². The molecule has 0 bridgehead atoms. The van der Waals surface area contributed by atoms with Crippen molar-refractivity contribution in [3.8, 4) is 0 Å². The number of nitrogens with zero attached hydrogens (tertiary/aromatic N) is 3. The molecule has 0 saturated heterocycles. The van der Waals surface area contributed by atoms with E-state index in [0.717, 1.165) is 5.56 Å². The molecule has 0 aliphatic heterocycles. The van der Waals surface area contributed by atoms with Crippen LogP contribution in [0.5, 0.6) is 0 Å². The van der Waals surface area contributed by atoms with Crippen LogP contribution in [0.1, 0.15) is 19.4 Å². The summed E-state index contributed by atoms with van der Waals surface area (Å²) in [5.74, 6) is 0.142. The number of aliphatic hydroxyl groups is 1. The molecule has 0 fully saturated rings. The van der Waals surface area contributed by atoms with Crippen LogP contribution >= 0.6 is 0 Å². The largest absolute Gasteiger partial charge is 0.394 e. The van der Waals surface area contributed by atoms with Gasteiger partial charge in [-0.1, -0.05) is 44.2 Å². The number of hydrogen-bond acceptors (Lipinski definition) is 3. The van der Waals surface area contributed by atoms with E-state index in [9.17, 15) is 9.90 Å². The molecule has 0 aliphatic carbocycles. The number of rotatable bonds is 6. The van der Waals surface area contributed by atoms with Crippen molar-refractivity contribution in [1.29, 1.82) is 0 Å². The van der Waals surface area contributed by atoms with Gasteiger partial charge in [-0.3, -0.25) is 4.68 Å². The van der Waals surface area contributed by atoms with E-state index in [0.29, 0.717) is 12.2 Å². The van der Waals surface area contributed by atoms with Gasteiger partial charge in [0.2, 0.25) is 0 Å². The summed E-state index contributed by atoms with van der Waals surface area (Å²) >= 11 is 0. The van der Waals surface area contributed by atoms with Crippen LogP contribution in [0.15, 0.2) is 42.7 Å². The summed E-state index contributed by atoms with van der Waals surface area (Å²) in [6.07, 6.45) is 3.34. The number of urea groups is 1. The highest BCUT2D eigenvalue weighted by Crippen LogP contribution is 2.17. The zero-order valence-corrected chi connectivity index (χ0v) is 13.8. The quantitative estimate of drug-likeness (QED) is 0.860. The molecule has 6 heteroatoms. The number of amides is 2. The molecule has 0 spiro atoms. The van der Waals surface area contributed by atoms with Gasteiger partial charge in [0.05, 0.1) is 24.5 Å². The second-order valence-corrected chi connectivity index (χ2v) is 5.94. The number of carbonyl (C=O) groups is 1. The second kappa shape index (κ2) is 7.78. The number of aryl methyl sites for hydroxylation is 1. The average Bonchev–Trinajstić information content (AvgIpc) is 2.92. The van der Waals surface area contributed by atoms with E-state index >= 15 is 0 Å². The third-order valence-electron chi connectivity index (χ3n) is 3.77. The summed E-state index contributed by atoms with van der Waals surface area (Å²) < 4.78 is 1.63. The zero-order valence-electron chi connectivity index (χ0n) is 13.8. The van der Waals surface area contributed by atoms with Gasteiger partial charge in [0.15, 0.2) is 0 Å². The Labute approximate surface area is 136 Å². The predicted molar refractivity (Wildman–Crippen MR) is 89.9 cm³/mol. The Kier molecular flexibility index (Phi) is 5.76. The van der Waals surface area contributed by atoms with Crippen LogP contribution in [0.4, 0.5) is 10.5 Å². The Balaban J connectivity index is 2.19. The summed E-state index contributed by atoms with van der Waals surface area (Å²) in [5, 5.41) is 16.6. The first-order chi connectivity index (χ1) is 11.0. The molecule has 124 valence electrons. The van der Waals surface area contributed by atoms with Gasteiger partial charge in [-0.2, -0.15) is 5.10 Å². The van der Waals surface area contributed by atoms with Crippen molar-refractivity contribution in [2.75, 3.05) is 11.9 Å². The third-order valence-corrected chi connectivity index (χ3v) is 3.77. The minimum atomic E-state index is -0.258. The molecule has 1 unspecified atom stereocenters. The van der Waals surface area contributed by atoms with Gasteiger partial charge in [-0.25, -0.2) is 4.79 Å². The van der Waals surface area contributed by atoms with Gasteiger partial charge in [0.1, 0.15) is 0 Å². The first-order valence-corrected chi connectivity index (χ1v) is 7.72. The number of hydrogen-bond donors (Lipinski definition) is 2. The van der Waals surface area contributed by atoms with Gasteiger partial charge >= 0.3 is 6.03 Å². The Hall–Kier alpha value is -2.34. The number of aromatic nitrogens is 2. The SMILES string of the molecule is CC(C)C(CO)N(Cc1ccccc1)C(=O)Nc1cnn(C)c1. The molecule has 0 saturated carbocycles. The van der Waals surface area contributed by atoms with Gasteiger partial charge in [0.25, 0.3) is 0 Å². The number of aliphatic hydroxyl groups excluding tert-OH is 1. The molecule has 23 heavy (non-hydrogen) atoms. The normalized spacial score (nSPS) is 12.2. The van der Waals surface area contributed by atoms with Gasteiger partial charge in [0, 0.05) is 19.8 Å².